The second-order valence-corrected chi connectivity index (χ2v) is 6.66. The van der Waals surface area contributed by atoms with Gasteiger partial charge in [0, 0.05) is 33.3 Å². The van der Waals surface area contributed by atoms with Gasteiger partial charge in [-0.05, 0) is 24.3 Å². The Bertz CT molecular complexity index is 765. The Morgan fingerprint density at radius 2 is 2.03 bits per heavy atom. The molecule has 8 nitrogen and oxygen atoms in total. The van der Waals surface area contributed by atoms with Crippen LogP contribution in [0.2, 0.25) is 0 Å². The highest BCUT2D eigenvalue weighted by molar-refractivity contribution is 5.91. The van der Waals surface area contributed by atoms with Crippen molar-refractivity contribution in [2.75, 3.05) is 53.1 Å². The lowest BCUT2D eigenvalue weighted by atomic mass is 10.2. The minimum absolute atomic E-state index is 0.0323. The molecule has 8 heteroatoms. The third kappa shape index (κ3) is 6.07. The molecule has 1 atom stereocenters. The number of carbonyl (C=O) groups excluding carboxylic acids is 2. The third-order valence-corrected chi connectivity index (χ3v) is 4.61. The van der Waals surface area contributed by atoms with Gasteiger partial charge in [0.15, 0.2) is 12.4 Å². The van der Waals surface area contributed by atoms with Crippen LogP contribution in [0.3, 0.4) is 0 Å². The van der Waals surface area contributed by atoms with Crippen LogP contribution >= 0.6 is 0 Å². The van der Waals surface area contributed by atoms with E-state index in [2.05, 4.69) is 0 Å². The monoisotopic (exact) mass is 402 g/mol. The van der Waals surface area contributed by atoms with E-state index in [-0.39, 0.29) is 30.3 Å². The van der Waals surface area contributed by atoms with Gasteiger partial charge < -0.3 is 28.4 Å². The van der Waals surface area contributed by atoms with Crippen molar-refractivity contribution in [3.63, 3.8) is 0 Å². The van der Waals surface area contributed by atoms with Crippen LogP contribution in [0.5, 0.6) is 5.75 Å². The van der Waals surface area contributed by atoms with Crippen molar-refractivity contribution >= 4 is 11.8 Å². The van der Waals surface area contributed by atoms with E-state index in [0.29, 0.717) is 45.1 Å². The maximum Gasteiger partial charge on any atom is 0.289 e. The van der Waals surface area contributed by atoms with Crippen molar-refractivity contribution in [3.05, 3.63) is 54.5 Å². The molecule has 0 spiro atoms. The molecule has 1 aromatic carbocycles. The van der Waals surface area contributed by atoms with Gasteiger partial charge in [-0.2, -0.15) is 0 Å². The van der Waals surface area contributed by atoms with Gasteiger partial charge in [-0.3, -0.25) is 9.59 Å². The number of benzene rings is 1. The van der Waals surface area contributed by atoms with Gasteiger partial charge in [0.05, 0.1) is 25.6 Å². The van der Waals surface area contributed by atoms with Gasteiger partial charge in [0.2, 0.25) is 0 Å². The summed E-state index contributed by atoms with van der Waals surface area (Å²) in [6, 6.07) is 12.5. The number of methoxy groups -OCH3 is 1. The summed E-state index contributed by atoms with van der Waals surface area (Å²) in [5.74, 6) is 0.580. The first-order valence-corrected chi connectivity index (χ1v) is 9.56. The van der Waals surface area contributed by atoms with Crippen molar-refractivity contribution in [1.82, 2.24) is 9.80 Å². The Labute approximate surface area is 169 Å². The summed E-state index contributed by atoms with van der Waals surface area (Å²) >= 11 is 0. The Morgan fingerprint density at radius 3 is 2.76 bits per heavy atom. The highest BCUT2D eigenvalue weighted by Gasteiger charge is 2.28. The van der Waals surface area contributed by atoms with E-state index in [4.69, 9.17) is 18.6 Å². The van der Waals surface area contributed by atoms with Crippen molar-refractivity contribution in [2.45, 2.75) is 6.10 Å². The molecule has 0 bridgehead atoms. The molecule has 1 unspecified atom stereocenters. The SMILES string of the molecule is COCCN(CC1CN(C(=O)COc2ccccc2)CCO1)C(=O)c1ccco1. The first kappa shape index (κ1) is 20.9. The Kier molecular flexibility index (Phi) is 7.66. The average molecular weight is 402 g/mol. The molecule has 0 N–H and O–H groups in total. The fraction of sp³-hybridized carbons (Fsp3) is 0.429. The van der Waals surface area contributed by atoms with Crippen LogP contribution in [-0.2, 0) is 14.3 Å². The molecular formula is C21H26N2O6. The number of furan rings is 1. The summed E-state index contributed by atoms with van der Waals surface area (Å²) in [6.07, 6.45) is 1.17. The number of para-hydroxylation sites is 1. The fourth-order valence-corrected chi connectivity index (χ4v) is 3.09. The zero-order valence-electron chi connectivity index (χ0n) is 16.5. The van der Waals surface area contributed by atoms with Crippen LogP contribution in [-0.4, -0.2) is 80.8 Å². The van der Waals surface area contributed by atoms with Gasteiger partial charge in [-0.15, -0.1) is 0 Å². The van der Waals surface area contributed by atoms with Crippen LogP contribution in [0.25, 0.3) is 0 Å². The van der Waals surface area contributed by atoms with Crippen molar-refractivity contribution in [2.24, 2.45) is 0 Å². The molecule has 1 saturated heterocycles. The van der Waals surface area contributed by atoms with Crippen LogP contribution in [0.15, 0.2) is 53.1 Å². The van der Waals surface area contributed by atoms with E-state index in [9.17, 15) is 9.59 Å². The van der Waals surface area contributed by atoms with Gasteiger partial charge in [0.1, 0.15) is 5.75 Å². The number of morpholine rings is 1. The molecule has 0 radical (unpaired) electrons. The number of nitrogens with zero attached hydrogens (tertiary/aromatic N) is 2. The van der Waals surface area contributed by atoms with E-state index in [1.54, 1.807) is 29.0 Å². The molecular weight excluding hydrogens is 376 g/mol. The smallest absolute Gasteiger partial charge is 0.289 e. The number of amides is 2. The Hall–Kier alpha value is -2.84. The third-order valence-electron chi connectivity index (χ3n) is 4.61. The van der Waals surface area contributed by atoms with E-state index in [1.165, 1.54) is 6.26 Å². The summed E-state index contributed by atoms with van der Waals surface area (Å²) in [5.41, 5.74) is 0. The van der Waals surface area contributed by atoms with E-state index in [0.717, 1.165) is 0 Å². The molecule has 2 heterocycles. The summed E-state index contributed by atoms with van der Waals surface area (Å²) in [5, 5.41) is 0. The second kappa shape index (κ2) is 10.6. The molecule has 1 aromatic heterocycles. The van der Waals surface area contributed by atoms with Crippen LogP contribution in [0, 0.1) is 0 Å². The first-order chi connectivity index (χ1) is 14.2. The Balaban J connectivity index is 1.55. The molecule has 2 aromatic rings. The van der Waals surface area contributed by atoms with Crippen molar-refractivity contribution in [3.8, 4) is 5.75 Å². The van der Waals surface area contributed by atoms with Crippen molar-refractivity contribution < 1.29 is 28.2 Å². The molecule has 0 aliphatic carbocycles. The van der Waals surface area contributed by atoms with Crippen LogP contribution < -0.4 is 4.74 Å². The lowest BCUT2D eigenvalue weighted by Gasteiger charge is -2.35. The average Bonchev–Trinajstić information content (AvgIpc) is 3.30. The van der Waals surface area contributed by atoms with Gasteiger partial charge >= 0.3 is 0 Å². The number of rotatable bonds is 9. The minimum atomic E-state index is -0.291. The molecule has 3 rings (SSSR count). The van der Waals surface area contributed by atoms with Crippen molar-refractivity contribution in [1.29, 1.82) is 0 Å². The molecule has 1 fully saturated rings. The summed E-state index contributed by atoms with van der Waals surface area (Å²) < 4.78 is 21.7. The van der Waals surface area contributed by atoms with Gasteiger partial charge in [0.25, 0.3) is 11.8 Å². The van der Waals surface area contributed by atoms with Gasteiger partial charge in [-0.25, -0.2) is 0 Å². The predicted octanol–water partition coefficient (Wildman–Crippen LogP) is 1.67. The van der Waals surface area contributed by atoms with Gasteiger partial charge in [-0.1, -0.05) is 18.2 Å². The van der Waals surface area contributed by atoms with E-state index >= 15 is 0 Å². The molecule has 156 valence electrons. The zero-order chi connectivity index (χ0) is 20.5. The largest absolute Gasteiger partial charge is 0.484 e. The fourth-order valence-electron chi connectivity index (χ4n) is 3.09. The zero-order valence-corrected chi connectivity index (χ0v) is 16.5. The van der Waals surface area contributed by atoms with E-state index in [1.807, 2.05) is 30.3 Å². The quantitative estimate of drug-likeness (QED) is 0.635. The second-order valence-electron chi connectivity index (χ2n) is 6.66. The topological polar surface area (TPSA) is 81.5 Å². The molecule has 1 aliphatic heterocycles. The first-order valence-electron chi connectivity index (χ1n) is 9.56. The maximum atomic E-state index is 12.7. The summed E-state index contributed by atoms with van der Waals surface area (Å²) in [6.45, 7) is 2.41. The standard InChI is InChI=1S/C21H26N2O6/c1-26-12-9-23(21(25)19-8-5-11-28-19)15-18-14-22(10-13-27-18)20(24)16-29-17-6-3-2-4-7-17/h2-8,11,18H,9-10,12-16H2,1H3. The highest BCUT2D eigenvalue weighted by atomic mass is 16.5. The lowest BCUT2D eigenvalue weighted by molar-refractivity contribution is -0.141. The number of hydrogen-bond acceptors (Lipinski definition) is 6. The molecule has 2 amide bonds. The van der Waals surface area contributed by atoms with E-state index < -0.39 is 0 Å². The predicted molar refractivity (Wildman–Crippen MR) is 105 cm³/mol. The summed E-state index contributed by atoms with van der Waals surface area (Å²) in [4.78, 5) is 28.5. The summed E-state index contributed by atoms with van der Waals surface area (Å²) in [7, 11) is 1.58. The van der Waals surface area contributed by atoms with Crippen LogP contribution in [0.1, 0.15) is 10.6 Å². The molecule has 0 saturated carbocycles. The highest BCUT2D eigenvalue weighted by Crippen LogP contribution is 2.13. The van der Waals surface area contributed by atoms with Crippen LogP contribution in [0.4, 0.5) is 0 Å². The number of carbonyl (C=O) groups is 2. The number of ether oxygens (including phenoxy) is 3. The molecule has 1 aliphatic rings. The number of hydrogen-bond donors (Lipinski definition) is 0. The normalized spacial score (nSPS) is 16.4. The lowest BCUT2D eigenvalue weighted by Crippen LogP contribution is -2.52. The molecule has 29 heavy (non-hydrogen) atoms. The minimum Gasteiger partial charge on any atom is -0.484 e. The Morgan fingerprint density at radius 1 is 1.21 bits per heavy atom. The maximum absolute atomic E-state index is 12.7.